The molecule has 1 aromatic carbocycles. The molecule has 2 heterocycles. The van der Waals surface area contributed by atoms with Crippen molar-refractivity contribution in [2.75, 3.05) is 24.7 Å². The maximum Gasteiger partial charge on any atom is 0.175 e. The lowest BCUT2D eigenvalue weighted by Gasteiger charge is -2.38. The van der Waals surface area contributed by atoms with Crippen molar-refractivity contribution in [2.24, 2.45) is 10.7 Å². The monoisotopic (exact) mass is 285 g/mol. The van der Waals surface area contributed by atoms with Gasteiger partial charge in [0.2, 0.25) is 0 Å². The third-order valence-electron chi connectivity index (χ3n) is 3.57. The minimum Gasteiger partial charge on any atom is -0.399 e. The summed E-state index contributed by atoms with van der Waals surface area (Å²) in [7, 11) is 0. The predicted molar refractivity (Wildman–Crippen MR) is 71.2 cm³/mol. The fraction of sp³-hybridized carbons (Fsp3) is 0.417. The van der Waals surface area contributed by atoms with Gasteiger partial charge in [-0.15, -0.1) is 0 Å². The van der Waals surface area contributed by atoms with Gasteiger partial charge in [-0.1, -0.05) is 11.8 Å². The lowest BCUT2D eigenvalue weighted by atomic mass is 9.79. The Labute approximate surface area is 113 Å². The van der Waals surface area contributed by atoms with Gasteiger partial charge >= 0.3 is 0 Å². The van der Waals surface area contributed by atoms with Crippen LogP contribution < -0.4 is 11.5 Å². The van der Waals surface area contributed by atoms with Crippen molar-refractivity contribution in [3.63, 3.8) is 0 Å². The minimum absolute atomic E-state index is 0.0366. The van der Waals surface area contributed by atoms with Crippen LogP contribution in [-0.4, -0.2) is 29.8 Å². The van der Waals surface area contributed by atoms with Crippen molar-refractivity contribution in [2.45, 2.75) is 11.2 Å². The predicted octanol–water partition coefficient (Wildman–Crippen LogP) is 1.40. The normalized spacial score (nSPS) is 33.9. The number of alkyl halides is 1. The number of rotatable bonds is 1. The summed E-state index contributed by atoms with van der Waals surface area (Å²) >= 11 is 1.12. The van der Waals surface area contributed by atoms with Crippen molar-refractivity contribution < 1.29 is 13.5 Å². The van der Waals surface area contributed by atoms with Crippen molar-refractivity contribution in [3.8, 4) is 0 Å². The number of ether oxygens (including phenoxy) is 1. The fourth-order valence-corrected chi connectivity index (χ4v) is 3.47. The van der Waals surface area contributed by atoms with Crippen LogP contribution in [0.15, 0.2) is 23.2 Å². The molecule has 2 aliphatic heterocycles. The molecule has 7 heteroatoms. The van der Waals surface area contributed by atoms with Gasteiger partial charge in [-0.3, -0.25) is 0 Å². The number of nitrogen functional groups attached to an aromatic ring is 1. The second-order valence-corrected chi connectivity index (χ2v) is 5.79. The van der Waals surface area contributed by atoms with Gasteiger partial charge in [-0.05, 0) is 18.2 Å². The highest BCUT2D eigenvalue weighted by Gasteiger charge is 2.61. The Balaban J connectivity index is 2.24. The van der Waals surface area contributed by atoms with Crippen LogP contribution in [0.1, 0.15) is 5.56 Å². The zero-order valence-corrected chi connectivity index (χ0v) is 10.8. The number of anilines is 1. The number of fused-ring (bicyclic) bond motifs is 1. The van der Waals surface area contributed by atoms with Crippen molar-refractivity contribution >= 4 is 22.6 Å². The Morgan fingerprint density at radius 3 is 2.89 bits per heavy atom. The smallest absolute Gasteiger partial charge is 0.175 e. The van der Waals surface area contributed by atoms with Gasteiger partial charge in [0.05, 0.1) is 13.2 Å². The quantitative estimate of drug-likeness (QED) is 0.765. The van der Waals surface area contributed by atoms with Gasteiger partial charge in [0, 0.05) is 17.0 Å². The molecule has 0 saturated carbocycles. The van der Waals surface area contributed by atoms with Crippen LogP contribution in [0.25, 0.3) is 0 Å². The van der Waals surface area contributed by atoms with Gasteiger partial charge in [0.1, 0.15) is 5.82 Å². The molecule has 0 aromatic heterocycles. The first kappa shape index (κ1) is 12.7. The van der Waals surface area contributed by atoms with Crippen LogP contribution in [-0.2, 0) is 10.3 Å². The Kier molecular flexibility index (Phi) is 2.72. The Morgan fingerprint density at radius 2 is 2.11 bits per heavy atom. The molecule has 0 unspecified atom stereocenters. The van der Waals surface area contributed by atoms with Crippen LogP contribution in [0.2, 0.25) is 0 Å². The standard InChI is InChI=1S/C12H13F2N3OS/c13-9-2-1-7(15)3-8(9)12-5-18-4-11(12,14)6-19-10(16)17-12/h1-3H,4-6,15H2,(H2,16,17)/t11-,12-/m1/s1. The highest BCUT2D eigenvalue weighted by atomic mass is 32.2. The van der Waals surface area contributed by atoms with E-state index in [-0.39, 0.29) is 29.7 Å². The molecule has 1 aromatic rings. The zero-order valence-electron chi connectivity index (χ0n) is 10.0. The van der Waals surface area contributed by atoms with E-state index in [0.717, 1.165) is 11.8 Å². The number of thioether (sulfide) groups is 1. The molecule has 1 saturated heterocycles. The highest BCUT2D eigenvalue weighted by molar-refractivity contribution is 8.13. The van der Waals surface area contributed by atoms with Crippen molar-refractivity contribution in [3.05, 3.63) is 29.6 Å². The number of benzene rings is 1. The van der Waals surface area contributed by atoms with Crippen molar-refractivity contribution in [1.82, 2.24) is 0 Å². The Morgan fingerprint density at radius 1 is 1.32 bits per heavy atom. The summed E-state index contributed by atoms with van der Waals surface area (Å²) in [4.78, 5) is 4.18. The molecule has 0 spiro atoms. The number of aliphatic imine (C=N–C) groups is 1. The van der Waals surface area contributed by atoms with Gasteiger partial charge in [0.15, 0.2) is 16.4 Å². The lowest BCUT2D eigenvalue weighted by Crippen LogP contribution is -2.52. The molecule has 0 radical (unpaired) electrons. The molecule has 0 aliphatic carbocycles. The molecule has 0 amide bonds. The molecular formula is C12H13F2N3OS. The van der Waals surface area contributed by atoms with E-state index in [1.54, 1.807) is 0 Å². The second kappa shape index (κ2) is 4.08. The lowest BCUT2D eigenvalue weighted by molar-refractivity contribution is 0.109. The SMILES string of the molecule is NC1=N[C@@]2(c3cc(N)ccc3F)COC[C@@]2(F)CS1. The van der Waals surface area contributed by atoms with Gasteiger partial charge < -0.3 is 16.2 Å². The molecule has 102 valence electrons. The summed E-state index contributed by atoms with van der Waals surface area (Å²) in [5, 5.41) is 0.237. The number of hydrogen-bond acceptors (Lipinski definition) is 5. The van der Waals surface area contributed by atoms with Crippen LogP contribution in [0.4, 0.5) is 14.5 Å². The molecule has 4 nitrogen and oxygen atoms in total. The van der Waals surface area contributed by atoms with Gasteiger partial charge in [-0.25, -0.2) is 13.8 Å². The average molecular weight is 285 g/mol. The highest BCUT2D eigenvalue weighted by Crippen LogP contribution is 2.50. The number of nitrogens with two attached hydrogens (primary N) is 2. The number of nitrogens with zero attached hydrogens (tertiary/aromatic N) is 1. The third-order valence-corrected chi connectivity index (χ3v) is 4.56. The van der Waals surface area contributed by atoms with Gasteiger partial charge in [0.25, 0.3) is 0 Å². The molecule has 0 bridgehead atoms. The minimum atomic E-state index is -1.77. The number of halogens is 2. The van der Waals surface area contributed by atoms with E-state index in [4.69, 9.17) is 16.2 Å². The maximum atomic E-state index is 15.1. The first-order valence-corrected chi connectivity index (χ1v) is 6.76. The summed E-state index contributed by atoms with van der Waals surface area (Å²) < 4.78 is 34.4. The maximum absolute atomic E-state index is 15.1. The van der Waals surface area contributed by atoms with E-state index >= 15 is 4.39 Å². The Hall–Kier alpha value is -1.34. The van der Waals surface area contributed by atoms with Crippen molar-refractivity contribution in [1.29, 1.82) is 0 Å². The number of amidine groups is 1. The Bertz CT molecular complexity index is 568. The third kappa shape index (κ3) is 1.72. The molecule has 1 fully saturated rings. The molecular weight excluding hydrogens is 272 g/mol. The first-order valence-electron chi connectivity index (χ1n) is 5.77. The summed E-state index contributed by atoms with van der Waals surface area (Å²) in [6.45, 7) is -0.157. The fourth-order valence-electron chi connectivity index (χ4n) is 2.55. The zero-order chi connectivity index (χ0) is 13.7. The first-order chi connectivity index (χ1) is 8.97. The summed E-state index contributed by atoms with van der Waals surface area (Å²) in [6.07, 6.45) is 0. The van der Waals surface area contributed by atoms with E-state index in [1.165, 1.54) is 18.2 Å². The van der Waals surface area contributed by atoms with E-state index < -0.39 is 17.0 Å². The van der Waals surface area contributed by atoms with Crippen LogP contribution in [0, 0.1) is 5.82 Å². The van der Waals surface area contributed by atoms with E-state index in [9.17, 15) is 4.39 Å². The molecule has 19 heavy (non-hydrogen) atoms. The van der Waals surface area contributed by atoms with E-state index in [0.29, 0.717) is 5.69 Å². The van der Waals surface area contributed by atoms with Crippen LogP contribution in [0.3, 0.4) is 0 Å². The summed E-state index contributed by atoms with van der Waals surface area (Å²) in [5.74, 6) is -0.457. The van der Waals surface area contributed by atoms with E-state index in [1.807, 2.05) is 0 Å². The van der Waals surface area contributed by atoms with Crippen LogP contribution >= 0.6 is 11.8 Å². The molecule has 3 rings (SSSR count). The average Bonchev–Trinajstić information content (AvgIpc) is 2.70. The topological polar surface area (TPSA) is 73.6 Å². The summed E-state index contributed by atoms with van der Waals surface area (Å²) in [6, 6.07) is 4.05. The largest absolute Gasteiger partial charge is 0.399 e. The second-order valence-electron chi connectivity index (χ2n) is 4.80. The molecule has 2 aliphatic rings. The van der Waals surface area contributed by atoms with Gasteiger partial charge in [-0.2, -0.15) is 0 Å². The molecule has 4 N–H and O–H groups in total. The summed E-state index contributed by atoms with van der Waals surface area (Å²) in [5.41, 5.74) is 8.64. The van der Waals surface area contributed by atoms with E-state index in [2.05, 4.69) is 4.99 Å². The molecule has 2 atom stereocenters. The number of hydrogen-bond donors (Lipinski definition) is 2. The van der Waals surface area contributed by atoms with Crippen LogP contribution in [0.5, 0.6) is 0 Å².